The van der Waals surface area contributed by atoms with E-state index in [1.54, 1.807) is 22.3 Å². The Bertz CT molecular complexity index is 1100. The third-order valence-corrected chi connectivity index (χ3v) is 7.05. The van der Waals surface area contributed by atoms with Crippen LogP contribution in [0.1, 0.15) is 17.7 Å². The number of amides is 2. The lowest BCUT2D eigenvalue weighted by molar-refractivity contribution is -0.192. The van der Waals surface area contributed by atoms with Crippen LogP contribution in [0.3, 0.4) is 0 Å². The van der Waals surface area contributed by atoms with Gasteiger partial charge in [0.1, 0.15) is 11.7 Å². The first kappa shape index (κ1) is 24.0. The zero-order chi connectivity index (χ0) is 24.8. The summed E-state index contributed by atoms with van der Waals surface area (Å²) in [6, 6.07) is 3.67. The molecule has 3 N–H and O–H groups in total. The summed E-state index contributed by atoms with van der Waals surface area (Å²) in [5.74, 6) is -3.86. The Morgan fingerprint density at radius 3 is 2.56 bits per heavy atom. The summed E-state index contributed by atoms with van der Waals surface area (Å²) in [6.45, 7) is 1.92. The van der Waals surface area contributed by atoms with Crippen molar-refractivity contribution in [3.63, 3.8) is 0 Å². The van der Waals surface area contributed by atoms with Crippen LogP contribution >= 0.6 is 11.3 Å². The minimum atomic E-state index is -5.08. The second kappa shape index (κ2) is 8.87. The van der Waals surface area contributed by atoms with Crippen molar-refractivity contribution >= 4 is 35.1 Å². The van der Waals surface area contributed by atoms with Crippen molar-refractivity contribution in [2.45, 2.75) is 37.6 Å². The first-order chi connectivity index (χ1) is 16.0. The second-order valence-electron chi connectivity index (χ2n) is 8.26. The number of allylic oxidation sites excluding steroid dienone is 2. The van der Waals surface area contributed by atoms with Crippen molar-refractivity contribution in [3.8, 4) is 0 Å². The molecule has 0 radical (unpaired) electrons. The minimum absolute atomic E-state index is 0.0416. The first-order valence-corrected chi connectivity index (χ1v) is 11.2. The van der Waals surface area contributed by atoms with E-state index in [1.165, 1.54) is 4.90 Å². The lowest BCUT2D eigenvalue weighted by Crippen LogP contribution is -2.68. The maximum absolute atomic E-state index is 12.8. The summed E-state index contributed by atoms with van der Waals surface area (Å²) in [4.78, 5) is 50.2. The molecular formula is C21H20F3N3O6S. The van der Waals surface area contributed by atoms with Gasteiger partial charge < -0.3 is 20.4 Å². The fraction of sp³-hybridized carbons (Fsp3) is 0.429. The summed E-state index contributed by atoms with van der Waals surface area (Å²) >= 11 is 1.62. The predicted molar refractivity (Wildman–Crippen MR) is 111 cm³/mol. The number of aliphatic carboxylic acids is 2. The molecule has 4 aliphatic heterocycles. The molecule has 34 heavy (non-hydrogen) atoms. The molecule has 0 aromatic carbocycles. The van der Waals surface area contributed by atoms with Gasteiger partial charge in [0, 0.05) is 23.5 Å². The van der Waals surface area contributed by atoms with Crippen molar-refractivity contribution in [1.29, 1.82) is 0 Å². The highest BCUT2D eigenvalue weighted by Gasteiger charge is 2.59. The Balaban J connectivity index is 0.000000344. The molecule has 2 amide bonds. The molecule has 0 bridgehead atoms. The quantitative estimate of drug-likeness (QED) is 0.424. The Labute approximate surface area is 195 Å². The molecule has 3 saturated heterocycles. The van der Waals surface area contributed by atoms with E-state index >= 15 is 0 Å². The first-order valence-electron chi connectivity index (χ1n) is 10.3. The summed E-state index contributed by atoms with van der Waals surface area (Å²) in [5.41, 5.74) is 1.29. The normalized spacial score (nSPS) is 26.9. The highest BCUT2D eigenvalue weighted by molar-refractivity contribution is 7.09. The molecule has 9 nitrogen and oxygen atoms in total. The number of alkyl halides is 3. The predicted octanol–water partition coefficient (Wildman–Crippen LogP) is 1.58. The van der Waals surface area contributed by atoms with Crippen molar-refractivity contribution in [3.05, 3.63) is 45.3 Å². The Morgan fingerprint density at radius 1 is 1.26 bits per heavy atom. The van der Waals surface area contributed by atoms with E-state index in [4.69, 9.17) is 9.90 Å². The van der Waals surface area contributed by atoms with Gasteiger partial charge in [-0.1, -0.05) is 6.07 Å². The van der Waals surface area contributed by atoms with Gasteiger partial charge in [0.15, 0.2) is 0 Å². The summed E-state index contributed by atoms with van der Waals surface area (Å²) < 4.78 is 31.7. The van der Waals surface area contributed by atoms with Gasteiger partial charge in [-0.15, -0.1) is 11.3 Å². The van der Waals surface area contributed by atoms with E-state index in [0.717, 1.165) is 4.88 Å². The Hall–Kier alpha value is -3.19. The molecule has 0 spiro atoms. The zero-order valence-electron chi connectivity index (χ0n) is 17.5. The average Bonchev–Trinajstić information content (AvgIpc) is 3.48. The highest BCUT2D eigenvalue weighted by atomic mass is 32.1. The number of likely N-dealkylation sites (tertiary alicyclic amines) is 1. The Kier molecular flexibility index (Phi) is 6.25. The van der Waals surface area contributed by atoms with E-state index < -0.39 is 18.1 Å². The number of halogens is 3. The third kappa shape index (κ3) is 4.32. The molecule has 5 heterocycles. The lowest BCUT2D eigenvalue weighted by Gasteiger charge is -2.48. The van der Waals surface area contributed by atoms with Crippen molar-refractivity contribution in [1.82, 2.24) is 15.1 Å². The van der Waals surface area contributed by atoms with E-state index in [1.807, 2.05) is 17.5 Å². The van der Waals surface area contributed by atoms with E-state index in [9.17, 15) is 32.7 Å². The molecule has 13 heteroatoms. The molecule has 1 aromatic rings. The molecule has 5 rings (SSSR count). The Morgan fingerprint density at radius 2 is 1.97 bits per heavy atom. The van der Waals surface area contributed by atoms with Crippen molar-refractivity contribution in [2.75, 3.05) is 13.1 Å². The molecule has 3 atom stereocenters. The molecule has 0 saturated carbocycles. The number of carbonyl (C=O) groups is 4. The van der Waals surface area contributed by atoms with E-state index in [0.29, 0.717) is 43.6 Å². The molecular weight excluding hydrogens is 479 g/mol. The molecule has 0 unspecified atom stereocenters. The standard InChI is InChI=1S/C19H19N3O4S.C2HF3O2/c23-17-10(3-4-21(17)9-13-2-1-5-27-13)6-11-7-12-8-20-14-15(12)22(18(14)24)16(11)19(25)26;3-2(4,5)1(6)7/h1-2,5-6,12,14-15,20H,3-4,7-9H2,(H,25,26);(H,6,7)/b10-6+;/t12-,14+,15-;/m1./s1. The van der Waals surface area contributed by atoms with Crippen LogP contribution in [0.4, 0.5) is 13.2 Å². The van der Waals surface area contributed by atoms with Gasteiger partial charge >= 0.3 is 18.1 Å². The van der Waals surface area contributed by atoms with Gasteiger partial charge in [0.25, 0.3) is 0 Å². The maximum atomic E-state index is 12.8. The van der Waals surface area contributed by atoms with Gasteiger partial charge in [-0.25, -0.2) is 9.59 Å². The molecule has 0 aliphatic carbocycles. The number of nitrogens with zero attached hydrogens (tertiary/aromatic N) is 2. The van der Waals surface area contributed by atoms with Crippen LogP contribution < -0.4 is 5.32 Å². The number of hydrogen-bond donors (Lipinski definition) is 3. The van der Waals surface area contributed by atoms with Crippen LogP contribution in [-0.2, 0) is 25.7 Å². The molecule has 3 fully saturated rings. The van der Waals surface area contributed by atoms with Gasteiger partial charge in [-0.2, -0.15) is 13.2 Å². The fourth-order valence-electron chi connectivity index (χ4n) is 4.71. The van der Waals surface area contributed by atoms with Crippen LogP contribution in [0.2, 0.25) is 0 Å². The number of rotatable bonds is 4. The number of hydrogen-bond acceptors (Lipinski definition) is 6. The van der Waals surface area contributed by atoms with E-state index in [2.05, 4.69) is 5.32 Å². The molecule has 4 aliphatic rings. The summed E-state index contributed by atoms with van der Waals surface area (Å²) in [6.07, 6.45) is -2.17. The van der Waals surface area contributed by atoms with Gasteiger partial charge in [-0.3, -0.25) is 14.5 Å². The number of β-lactam (4-membered cyclic amide) rings is 1. The van der Waals surface area contributed by atoms with Gasteiger partial charge in [0.05, 0.1) is 12.6 Å². The minimum Gasteiger partial charge on any atom is -0.477 e. The number of carboxylic acid groups (broad SMARTS) is 2. The monoisotopic (exact) mass is 499 g/mol. The van der Waals surface area contributed by atoms with Crippen molar-refractivity contribution in [2.24, 2.45) is 5.92 Å². The van der Waals surface area contributed by atoms with Crippen molar-refractivity contribution < 1.29 is 42.6 Å². The van der Waals surface area contributed by atoms with Gasteiger partial charge in [0.2, 0.25) is 11.8 Å². The zero-order valence-corrected chi connectivity index (χ0v) is 18.4. The van der Waals surface area contributed by atoms with Crippen LogP contribution in [-0.4, -0.2) is 75.1 Å². The topological polar surface area (TPSA) is 127 Å². The molecule has 182 valence electrons. The highest BCUT2D eigenvalue weighted by Crippen LogP contribution is 2.44. The smallest absolute Gasteiger partial charge is 0.477 e. The van der Waals surface area contributed by atoms with Crippen LogP contribution in [0.25, 0.3) is 0 Å². The number of thiophene rings is 1. The maximum Gasteiger partial charge on any atom is 0.490 e. The van der Waals surface area contributed by atoms with Crippen LogP contribution in [0, 0.1) is 5.92 Å². The van der Waals surface area contributed by atoms with Gasteiger partial charge in [-0.05, 0) is 41.9 Å². The largest absolute Gasteiger partial charge is 0.490 e. The third-order valence-electron chi connectivity index (χ3n) is 6.19. The second-order valence-corrected chi connectivity index (χ2v) is 9.29. The van der Waals surface area contributed by atoms with E-state index in [-0.39, 0.29) is 35.5 Å². The van der Waals surface area contributed by atoms with Crippen LogP contribution in [0.5, 0.6) is 0 Å². The number of carbonyl (C=O) groups excluding carboxylic acids is 2. The summed E-state index contributed by atoms with van der Waals surface area (Å²) in [7, 11) is 0. The summed E-state index contributed by atoms with van der Waals surface area (Å²) in [5, 5.41) is 22.0. The molecule has 1 aromatic heterocycles. The number of nitrogens with one attached hydrogen (secondary N) is 1. The fourth-order valence-corrected chi connectivity index (χ4v) is 5.43. The SMILES string of the molecule is O=C(O)C(F)(F)F.O=C(O)C1=C(/C=C2\CCN(Cc3cccs3)C2=O)C[C@@H]2CN[C@@H]3C(=O)N1[C@H]23. The lowest BCUT2D eigenvalue weighted by atomic mass is 9.79. The number of carboxylic acids is 2. The average molecular weight is 499 g/mol. The van der Waals surface area contributed by atoms with Crippen LogP contribution in [0.15, 0.2) is 40.4 Å².